The molecule has 18 heteroatoms. The Kier molecular flexibility index (Phi) is 14.4. The first-order valence-corrected chi connectivity index (χ1v) is 12.5. The molecule has 1 rings (SSSR count). The van der Waals surface area contributed by atoms with E-state index in [-0.39, 0.29) is 19.6 Å². The van der Waals surface area contributed by atoms with Crippen LogP contribution in [-0.4, -0.2) is 100 Å². The first-order chi connectivity index (χ1) is 12.8. The van der Waals surface area contributed by atoms with E-state index in [2.05, 4.69) is 18.9 Å². The smallest absolute Gasteiger partial charge is 0.379 e. The second kappa shape index (κ2) is 14.3. The first-order valence-electron chi connectivity index (χ1n) is 7.89. The molecule has 0 unspecified atom stereocenters. The Labute approximate surface area is 161 Å². The Morgan fingerprint density at radius 2 is 1.04 bits per heavy atom. The highest BCUT2D eigenvalue weighted by atomic mass is 31.2. The van der Waals surface area contributed by atoms with Crippen molar-refractivity contribution in [2.45, 2.75) is 0 Å². The van der Waals surface area contributed by atoms with E-state index >= 15 is 0 Å². The molecule has 1 aliphatic rings. The van der Waals surface area contributed by atoms with E-state index in [1.807, 2.05) is 0 Å². The van der Waals surface area contributed by atoms with Crippen LogP contribution in [0.3, 0.4) is 0 Å². The van der Waals surface area contributed by atoms with Crippen molar-refractivity contribution in [1.82, 2.24) is 10.2 Å². The third-order valence-corrected chi connectivity index (χ3v) is 4.40. The van der Waals surface area contributed by atoms with Gasteiger partial charge in [-0.2, -0.15) is 0 Å². The molecule has 1 aliphatic heterocycles. The first kappa shape index (κ1) is 28.2. The maximum atomic E-state index is 10.5. The van der Waals surface area contributed by atoms with Crippen molar-refractivity contribution >= 4 is 23.5 Å². The van der Waals surface area contributed by atoms with E-state index < -0.39 is 43.3 Å². The zero-order valence-electron chi connectivity index (χ0n) is 14.9. The van der Waals surface area contributed by atoms with Gasteiger partial charge in [0.15, 0.2) is 0 Å². The zero-order valence-corrected chi connectivity index (χ0v) is 17.6. The molecule has 0 amide bonds. The molecule has 0 spiro atoms. The predicted octanol–water partition coefficient (Wildman–Crippen LogP) is -1.78. The van der Waals surface area contributed by atoms with Crippen molar-refractivity contribution in [3.63, 3.8) is 0 Å². The molecule has 0 radical (unpaired) electrons. The highest BCUT2D eigenvalue weighted by Gasteiger charge is 2.18. The van der Waals surface area contributed by atoms with Crippen molar-refractivity contribution < 1.29 is 61.4 Å². The van der Waals surface area contributed by atoms with E-state index in [1.165, 1.54) is 4.90 Å². The molecule has 0 aromatic carbocycles. The molecule has 1 heterocycles. The Balaban J connectivity index is 0.00000102. The Morgan fingerprint density at radius 3 is 1.21 bits per heavy atom. The van der Waals surface area contributed by atoms with Gasteiger partial charge in [-0.1, -0.05) is 0 Å². The van der Waals surface area contributed by atoms with Gasteiger partial charge < -0.3 is 39.4 Å². The summed E-state index contributed by atoms with van der Waals surface area (Å²) < 4.78 is 49.1. The van der Waals surface area contributed by atoms with Crippen LogP contribution in [-0.2, 0) is 32.0 Å². The second-order valence-electron chi connectivity index (χ2n) is 5.18. The number of rotatable bonds is 12. The Bertz CT molecular complexity index is 465. The van der Waals surface area contributed by atoms with Gasteiger partial charge in [0.1, 0.15) is 0 Å². The van der Waals surface area contributed by atoms with Crippen LogP contribution in [0.25, 0.3) is 0 Å². The summed E-state index contributed by atoms with van der Waals surface area (Å²) in [6.07, 6.45) is 0. The minimum Gasteiger partial charge on any atom is -0.379 e. The van der Waals surface area contributed by atoms with Crippen molar-refractivity contribution in [2.75, 3.05) is 65.8 Å². The highest BCUT2D eigenvalue weighted by Crippen LogP contribution is 2.37. The summed E-state index contributed by atoms with van der Waals surface area (Å²) in [5.41, 5.74) is 0. The second-order valence-corrected chi connectivity index (χ2v) is 8.89. The van der Waals surface area contributed by atoms with Crippen LogP contribution in [0.4, 0.5) is 0 Å². The molecular formula is C10H27N2O13P3. The third kappa shape index (κ3) is 22.5. The number of hydrogen-bond acceptors (Lipinski definition) is 9. The van der Waals surface area contributed by atoms with Crippen LogP contribution in [0.5, 0.6) is 0 Å². The zero-order chi connectivity index (χ0) is 21.7. The molecule has 15 nitrogen and oxygen atoms in total. The fourth-order valence-electron chi connectivity index (χ4n) is 1.72. The molecule has 7 N–H and O–H groups in total. The average Bonchev–Trinajstić information content (AvgIpc) is 2.53. The maximum absolute atomic E-state index is 10.5. The van der Waals surface area contributed by atoms with Crippen molar-refractivity contribution in [3.8, 4) is 0 Å². The minimum atomic E-state index is -4.67. The molecular weight excluding hydrogens is 449 g/mol. The molecule has 0 saturated carbocycles. The maximum Gasteiger partial charge on any atom is 0.469 e. The molecule has 28 heavy (non-hydrogen) atoms. The van der Waals surface area contributed by atoms with Crippen LogP contribution in [0, 0.1) is 0 Å². The number of ether oxygens (including phenoxy) is 1. The average molecular weight is 476 g/mol. The van der Waals surface area contributed by atoms with E-state index in [0.29, 0.717) is 0 Å². The summed E-state index contributed by atoms with van der Waals surface area (Å²) in [5.74, 6) is 0. The van der Waals surface area contributed by atoms with Gasteiger partial charge in [0.2, 0.25) is 0 Å². The highest BCUT2D eigenvalue weighted by molar-refractivity contribution is 7.46. The fraction of sp³-hybridized carbons (Fsp3) is 1.00. The SMILES string of the molecule is C1COCCN1.O=P(O)(O)OCCN(CCOP(=O)(O)O)CCOP(=O)(O)O. The molecule has 0 aliphatic carbocycles. The summed E-state index contributed by atoms with van der Waals surface area (Å²) in [4.78, 5) is 52.4. The van der Waals surface area contributed by atoms with Gasteiger partial charge in [-0.3, -0.25) is 18.5 Å². The van der Waals surface area contributed by atoms with Crippen LogP contribution >= 0.6 is 23.5 Å². The lowest BCUT2D eigenvalue weighted by molar-refractivity contribution is 0.109. The van der Waals surface area contributed by atoms with Gasteiger partial charge in [-0.05, 0) is 0 Å². The normalized spacial score (nSPS) is 16.0. The summed E-state index contributed by atoms with van der Waals surface area (Å²) >= 11 is 0. The number of hydrogen-bond donors (Lipinski definition) is 7. The molecule has 0 aromatic heterocycles. The number of phosphoric ester groups is 3. The van der Waals surface area contributed by atoms with Crippen LogP contribution in [0.1, 0.15) is 0 Å². The van der Waals surface area contributed by atoms with Gasteiger partial charge in [-0.15, -0.1) is 0 Å². The predicted molar refractivity (Wildman–Crippen MR) is 94.1 cm³/mol. The minimum absolute atomic E-state index is 0.0971. The van der Waals surface area contributed by atoms with Gasteiger partial charge in [0.25, 0.3) is 0 Å². The molecule has 1 saturated heterocycles. The van der Waals surface area contributed by atoms with Crippen LogP contribution in [0.2, 0.25) is 0 Å². The topological polar surface area (TPSA) is 225 Å². The van der Waals surface area contributed by atoms with E-state index in [1.54, 1.807) is 0 Å². The van der Waals surface area contributed by atoms with Crippen LogP contribution < -0.4 is 5.32 Å². The molecule has 0 bridgehead atoms. The quantitative estimate of drug-likeness (QED) is 0.155. The summed E-state index contributed by atoms with van der Waals surface area (Å²) in [7, 11) is -14.0. The largest absolute Gasteiger partial charge is 0.469 e. The fourth-order valence-corrected chi connectivity index (χ4v) is 2.68. The summed E-state index contributed by atoms with van der Waals surface area (Å²) in [5, 5.41) is 3.16. The molecule has 0 aromatic rings. The van der Waals surface area contributed by atoms with E-state index in [0.717, 1.165) is 26.3 Å². The molecule has 1 fully saturated rings. The van der Waals surface area contributed by atoms with Crippen LogP contribution in [0.15, 0.2) is 0 Å². The summed E-state index contributed by atoms with van der Waals surface area (Å²) in [6, 6.07) is 0. The number of phosphoric acid groups is 3. The monoisotopic (exact) mass is 476 g/mol. The number of nitrogens with one attached hydrogen (secondary N) is 1. The van der Waals surface area contributed by atoms with E-state index in [4.69, 9.17) is 34.1 Å². The van der Waals surface area contributed by atoms with Gasteiger partial charge >= 0.3 is 23.5 Å². The third-order valence-electron chi connectivity index (χ3n) is 2.85. The van der Waals surface area contributed by atoms with Gasteiger partial charge in [0, 0.05) is 32.7 Å². The van der Waals surface area contributed by atoms with Crippen molar-refractivity contribution in [3.05, 3.63) is 0 Å². The van der Waals surface area contributed by atoms with Gasteiger partial charge in [0.05, 0.1) is 33.0 Å². The van der Waals surface area contributed by atoms with Gasteiger partial charge in [-0.25, -0.2) is 13.7 Å². The lowest BCUT2D eigenvalue weighted by Gasteiger charge is -2.22. The number of morpholine rings is 1. The number of nitrogens with zero attached hydrogens (tertiary/aromatic N) is 1. The Morgan fingerprint density at radius 1 is 0.714 bits per heavy atom. The lowest BCUT2D eigenvalue weighted by Crippen LogP contribution is -2.33. The van der Waals surface area contributed by atoms with Crippen molar-refractivity contribution in [2.24, 2.45) is 0 Å². The Hall–Kier alpha value is 0.210. The summed E-state index contributed by atoms with van der Waals surface area (Å²) in [6.45, 7) is 2.28. The molecule has 0 atom stereocenters. The molecule has 170 valence electrons. The lowest BCUT2D eigenvalue weighted by atomic mass is 10.4. The van der Waals surface area contributed by atoms with Crippen molar-refractivity contribution in [1.29, 1.82) is 0 Å². The van der Waals surface area contributed by atoms with E-state index in [9.17, 15) is 13.7 Å². The standard InChI is InChI=1S/C6H18NO12P3.C4H9NO/c8-20(9,10)17-4-1-7(2-5-18-21(11,12)13)3-6-19-22(14,15)16;1-3-6-4-2-5-1/h1-6H2,(H2,8,9,10)(H2,11,12,13)(H2,14,15,16);5H,1-4H2.